The number of hydrogen-bond acceptors (Lipinski definition) is 4. The molecule has 1 fully saturated rings. The number of nitrogens with zero attached hydrogens (tertiary/aromatic N) is 4. The van der Waals surface area contributed by atoms with E-state index >= 15 is 0 Å². The molecule has 0 radical (unpaired) electrons. The van der Waals surface area contributed by atoms with E-state index in [1.54, 1.807) is 11.0 Å². The van der Waals surface area contributed by atoms with Crippen LogP contribution in [-0.4, -0.2) is 65.2 Å². The van der Waals surface area contributed by atoms with Gasteiger partial charge in [0.25, 0.3) is 0 Å². The van der Waals surface area contributed by atoms with Gasteiger partial charge in [-0.3, -0.25) is 9.48 Å². The van der Waals surface area contributed by atoms with Crippen LogP contribution in [0.3, 0.4) is 0 Å². The molecule has 1 aliphatic heterocycles. The lowest BCUT2D eigenvalue weighted by Crippen LogP contribution is -2.48. The highest BCUT2D eigenvalue weighted by Gasteiger charge is 2.30. The second kappa shape index (κ2) is 11.0. The Labute approximate surface area is 207 Å². The summed E-state index contributed by atoms with van der Waals surface area (Å²) in [6.07, 6.45) is 7.94. The molecule has 2 heterocycles. The van der Waals surface area contributed by atoms with Crippen molar-refractivity contribution in [3.63, 3.8) is 0 Å². The van der Waals surface area contributed by atoms with Crippen molar-refractivity contribution in [1.82, 2.24) is 19.0 Å². The normalized spacial score (nSPS) is 15.2. The number of likely N-dealkylation sites (tertiary alicyclic amines) is 1. The Balaban J connectivity index is 1.48. The number of carbonyl (C=O) groups is 1. The van der Waals surface area contributed by atoms with Gasteiger partial charge in [-0.1, -0.05) is 67.6 Å². The smallest absolute Gasteiger partial charge is 0.246 e. The van der Waals surface area contributed by atoms with Crippen LogP contribution < -0.4 is 0 Å². The number of benzene rings is 2. The van der Waals surface area contributed by atoms with Gasteiger partial charge in [0.05, 0.1) is 18.5 Å². The molecule has 0 atom stereocenters. The van der Waals surface area contributed by atoms with Crippen molar-refractivity contribution in [3.8, 4) is 11.3 Å². The average molecular weight is 493 g/mol. The van der Waals surface area contributed by atoms with Crippen molar-refractivity contribution >= 4 is 22.0 Å². The Morgan fingerprint density at radius 3 is 2.29 bits per heavy atom. The van der Waals surface area contributed by atoms with Crippen molar-refractivity contribution in [2.24, 2.45) is 0 Å². The molecule has 7 nitrogen and oxygen atoms in total. The van der Waals surface area contributed by atoms with E-state index in [0.29, 0.717) is 39.0 Å². The van der Waals surface area contributed by atoms with Gasteiger partial charge in [-0.15, -0.1) is 0 Å². The topological polar surface area (TPSA) is 75.5 Å². The van der Waals surface area contributed by atoms with Gasteiger partial charge < -0.3 is 4.90 Å². The van der Waals surface area contributed by atoms with E-state index in [-0.39, 0.29) is 11.9 Å². The van der Waals surface area contributed by atoms with E-state index in [0.717, 1.165) is 22.4 Å². The van der Waals surface area contributed by atoms with Crippen molar-refractivity contribution < 1.29 is 13.2 Å². The molecule has 1 amide bonds. The fraction of sp³-hybridized carbons (Fsp3) is 0.333. The van der Waals surface area contributed by atoms with Crippen molar-refractivity contribution in [2.45, 2.75) is 32.4 Å². The number of carbonyl (C=O) groups excluding carboxylic acids is 1. The molecule has 1 aromatic heterocycles. The number of aromatic nitrogens is 2. The lowest BCUT2D eigenvalue weighted by atomic mass is 10.0. The highest BCUT2D eigenvalue weighted by Crippen LogP contribution is 2.24. The van der Waals surface area contributed by atoms with Crippen LogP contribution in [0.1, 0.15) is 30.9 Å². The van der Waals surface area contributed by atoms with Gasteiger partial charge in [0.2, 0.25) is 15.9 Å². The third kappa shape index (κ3) is 6.26. The molecule has 3 aromatic rings. The zero-order valence-corrected chi connectivity index (χ0v) is 21.1. The van der Waals surface area contributed by atoms with Crippen molar-refractivity contribution in [1.29, 1.82) is 0 Å². The lowest BCUT2D eigenvalue weighted by Gasteiger charge is -2.36. The second-order valence-electron chi connectivity index (χ2n) is 8.84. The standard InChI is InChI=1S/C27H32N4O3S/c1-3-31(35(2,33)34)25-16-18-29(19-17-25)26(32)15-14-24-21-30(20-22-10-6-4-7-11-22)28-27(24)23-12-8-5-9-13-23/h4-15,21,25H,3,16-20H2,1-2H3. The molecular formula is C27H32N4O3S. The molecule has 0 spiro atoms. The molecular weight excluding hydrogens is 460 g/mol. The van der Waals surface area contributed by atoms with E-state index in [1.807, 2.05) is 72.4 Å². The minimum Gasteiger partial charge on any atom is -0.339 e. The van der Waals surface area contributed by atoms with Crippen LogP contribution in [-0.2, 0) is 21.4 Å². The van der Waals surface area contributed by atoms with Crippen LogP contribution in [0.5, 0.6) is 0 Å². The first-order valence-electron chi connectivity index (χ1n) is 12.0. The van der Waals surface area contributed by atoms with Gasteiger partial charge in [0.1, 0.15) is 0 Å². The van der Waals surface area contributed by atoms with Crippen LogP contribution in [0.15, 0.2) is 72.9 Å². The Morgan fingerprint density at radius 1 is 1.06 bits per heavy atom. The number of hydrogen-bond donors (Lipinski definition) is 0. The van der Waals surface area contributed by atoms with Gasteiger partial charge in [-0.25, -0.2) is 8.42 Å². The zero-order valence-electron chi connectivity index (χ0n) is 20.2. The summed E-state index contributed by atoms with van der Waals surface area (Å²) in [4.78, 5) is 14.7. The van der Waals surface area contributed by atoms with Crippen LogP contribution in [0, 0.1) is 0 Å². The molecule has 0 saturated carbocycles. The summed E-state index contributed by atoms with van der Waals surface area (Å²) in [7, 11) is -3.24. The Hall–Kier alpha value is -3.23. The van der Waals surface area contributed by atoms with Gasteiger partial charge in [0, 0.05) is 49.1 Å². The van der Waals surface area contributed by atoms with Crippen molar-refractivity contribution in [2.75, 3.05) is 25.9 Å². The quantitative estimate of drug-likeness (QED) is 0.447. The van der Waals surface area contributed by atoms with Crippen LogP contribution in [0.25, 0.3) is 17.3 Å². The van der Waals surface area contributed by atoms with E-state index in [2.05, 4.69) is 12.1 Å². The molecule has 35 heavy (non-hydrogen) atoms. The minimum atomic E-state index is -3.24. The molecule has 1 aliphatic rings. The van der Waals surface area contributed by atoms with Crippen molar-refractivity contribution in [3.05, 3.63) is 84.1 Å². The third-order valence-electron chi connectivity index (χ3n) is 6.35. The molecule has 0 unspecified atom stereocenters. The number of piperidine rings is 1. The maximum atomic E-state index is 12.9. The first kappa shape index (κ1) is 24.9. The van der Waals surface area contributed by atoms with Crippen LogP contribution >= 0.6 is 0 Å². The lowest BCUT2D eigenvalue weighted by molar-refractivity contribution is -0.127. The minimum absolute atomic E-state index is 0.0519. The Kier molecular flexibility index (Phi) is 7.83. The first-order chi connectivity index (χ1) is 16.8. The van der Waals surface area contributed by atoms with E-state index < -0.39 is 10.0 Å². The summed E-state index contributed by atoms with van der Waals surface area (Å²) in [6, 6.07) is 20.0. The summed E-state index contributed by atoms with van der Waals surface area (Å²) in [5.41, 5.74) is 3.85. The first-order valence-corrected chi connectivity index (χ1v) is 13.8. The number of rotatable bonds is 8. The van der Waals surface area contributed by atoms with Crippen LogP contribution in [0.4, 0.5) is 0 Å². The zero-order chi connectivity index (χ0) is 24.8. The van der Waals surface area contributed by atoms with E-state index in [4.69, 9.17) is 5.10 Å². The summed E-state index contributed by atoms with van der Waals surface area (Å²) >= 11 is 0. The average Bonchev–Trinajstić information content (AvgIpc) is 3.26. The maximum absolute atomic E-state index is 12.9. The van der Waals surface area contributed by atoms with Crippen LogP contribution in [0.2, 0.25) is 0 Å². The molecule has 8 heteroatoms. The summed E-state index contributed by atoms with van der Waals surface area (Å²) in [5.74, 6) is -0.0688. The highest BCUT2D eigenvalue weighted by molar-refractivity contribution is 7.88. The summed E-state index contributed by atoms with van der Waals surface area (Å²) < 4.78 is 27.5. The number of sulfonamides is 1. The third-order valence-corrected chi connectivity index (χ3v) is 7.76. The molecule has 0 bridgehead atoms. The molecule has 2 aromatic carbocycles. The van der Waals surface area contributed by atoms with E-state index in [9.17, 15) is 13.2 Å². The largest absolute Gasteiger partial charge is 0.339 e. The predicted molar refractivity (Wildman–Crippen MR) is 139 cm³/mol. The molecule has 4 rings (SSSR count). The fourth-order valence-corrected chi connectivity index (χ4v) is 5.86. The summed E-state index contributed by atoms with van der Waals surface area (Å²) in [6.45, 7) is 4.03. The SMILES string of the molecule is CCN(C1CCN(C(=O)C=Cc2cn(Cc3ccccc3)nc2-c2ccccc2)CC1)S(C)(=O)=O. The van der Waals surface area contributed by atoms with Gasteiger partial charge in [-0.2, -0.15) is 9.40 Å². The predicted octanol–water partition coefficient (Wildman–Crippen LogP) is 3.88. The summed E-state index contributed by atoms with van der Waals surface area (Å²) in [5, 5.41) is 4.81. The monoisotopic (exact) mass is 492 g/mol. The molecule has 0 aliphatic carbocycles. The maximum Gasteiger partial charge on any atom is 0.246 e. The van der Waals surface area contributed by atoms with Gasteiger partial charge >= 0.3 is 0 Å². The molecule has 1 saturated heterocycles. The number of amides is 1. The second-order valence-corrected chi connectivity index (χ2v) is 10.8. The van der Waals surface area contributed by atoms with Gasteiger partial charge in [0.15, 0.2) is 0 Å². The highest BCUT2D eigenvalue weighted by atomic mass is 32.2. The molecule has 184 valence electrons. The Bertz CT molecular complexity index is 1260. The molecule has 0 N–H and O–H groups in total. The fourth-order valence-electron chi connectivity index (χ4n) is 4.63. The van der Waals surface area contributed by atoms with E-state index in [1.165, 1.54) is 10.6 Å². The Morgan fingerprint density at radius 2 is 1.69 bits per heavy atom. The van der Waals surface area contributed by atoms with Gasteiger partial charge in [-0.05, 0) is 24.5 Å².